The first-order valence-corrected chi connectivity index (χ1v) is 6.52. The maximum absolute atomic E-state index is 11.7. The van der Waals surface area contributed by atoms with Gasteiger partial charge in [0.2, 0.25) is 0 Å². The van der Waals surface area contributed by atoms with E-state index in [0.717, 1.165) is 0 Å². The van der Waals surface area contributed by atoms with Crippen molar-refractivity contribution < 1.29 is 19.4 Å². The van der Waals surface area contributed by atoms with Crippen LogP contribution in [0.2, 0.25) is 10.0 Å². The number of carbonyl (C=O) groups excluding carboxylic acids is 1. The molecule has 0 fully saturated rings. The van der Waals surface area contributed by atoms with Crippen LogP contribution in [0.3, 0.4) is 0 Å². The molecule has 7 heteroatoms. The lowest BCUT2D eigenvalue weighted by atomic mass is 10.1. The van der Waals surface area contributed by atoms with Gasteiger partial charge >= 0.3 is 12.1 Å². The van der Waals surface area contributed by atoms with E-state index in [1.54, 1.807) is 20.8 Å². The Kier molecular flexibility index (Phi) is 5.25. The molecule has 20 heavy (non-hydrogen) atoms. The molecule has 2 N–H and O–H groups in total. The fourth-order valence-electron chi connectivity index (χ4n) is 1.45. The summed E-state index contributed by atoms with van der Waals surface area (Å²) in [5.41, 5.74) is -0.458. The number of ether oxygens (including phenoxy) is 1. The minimum Gasteiger partial charge on any atom is -0.479 e. The molecule has 0 unspecified atom stereocenters. The molecule has 0 spiro atoms. The Balaban J connectivity index is 2.95. The summed E-state index contributed by atoms with van der Waals surface area (Å²) in [5.74, 6) is -1.24. The quantitative estimate of drug-likeness (QED) is 0.891. The average molecular weight is 320 g/mol. The maximum Gasteiger partial charge on any atom is 0.408 e. The molecule has 0 saturated carbocycles. The van der Waals surface area contributed by atoms with Gasteiger partial charge in [-0.3, -0.25) is 0 Å². The van der Waals surface area contributed by atoms with Crippen LogP contribution >= 0.6 is 23.2 Å². The largest absolute Gasteiger partial charge is 0.479 e. The van der Waals surface area contributed by atoms with Crippen LogP contribution < -0.4 is 5.32 Å². The van der Waals surface area contributed by atoms with Crippen molar-refractivity contribution in [3.05, 3.63) is 33.8 Å². The smallest absolute Gasteiger partial charge is 0.408 e. The van der Waals surface area contributed by atoms with Gasteiger partial charge in [0.25, 0.3) is 0 Å². The molecule has 1 aromatic rings. The maximum atomic E-state index is 11.7. The zero-order valence-electron chi connectivity index (χ0n) is 11.2. The third-order valence-corrected chi connectivity index (χ3v) is 2.56. The van der Waals surface area contributed by atoms with Crippen molar-refractivity contribution in [3.63, 3.8) is 0 Å². The Bertz CT molecular complexity index is 505. The highest BCUT2D eigenvalue weighted by molar-refractivity contribution is 6.34. The molecular weight excluding hydrogens is 305 g/mol. The molecule has 1 atom stereocenters. The van der Waals surface area contributed by atoms with Gasteiger partial charge in [0.05, 0.1) is 0 Å². The van der Waals surface area contributed by atoms with E-state index < -0.39 is 23.7 Å². The third-order valence-electron chi connectivity index (χ3n) is 2.13. The summed E-state index contributed by atoms with van der Waals surface area (Å²) < 4.78 is 5.02. The molecule has 0 aromatic heterocycles. The van der Waals surface area contributed by atoms with Crippen molar-refractivity contribution in [1.29, 1.82) is 0 Å². The highest BCUT2D eigenvalue weighted by Gasteiger charge is 2.25. The van der Waals surface area contributed by atoms with Gasteiger partial charge in [-0.2, -0.15) is 0 Å². The molecule has 1 amide bonds. The molecule has 0 heterocycles. The second kappa shape index (κ2) is 6.33. The summed E-state index contributed by atoms with van der Waals surface area (Å²) >= 11 is 11.6. The molecule has 0 radical (unpaired) electrons. The lowest BCUT2D eigenvalue weighted by Crippen LogP contribution is -2.38. The molecule has 0 aliphatic heterocycles. The van der Waals surface area contributed by atoms with Crippen molar-refractivity contribution in [2.24, 2.45) is 0 Å². The van der Waals surface area contributed by atoms with Gasteiger partial charge in [0.1, 0.15) is 5.60 Å². The number of carboxylic acids is 1. The van der Waals surface area contributed by atoms with Crippen molar-refractivity contribution in [2.75, 3.05) is 0 Å². The normalized spacial score (nSPS) is 12.7. The van der Waals surface area contributed by atoms with E-state index in [2.05, 4.69) is 5.32 Å². The molecular formula is C13H15Cl2NO4. The molecule has 0 aliphatic carbocycles. The Morgan fingerprint density at radius 2 is 1.70 bits per heavy atom. The first-order valence-electron chi connectivity index (χ1n) is 5.77. The zero-order chi connectivity index (χ0) is 15.5. The number of nitrogens with one attached hydrogen (secondary N) is 1. The van der Waals surface area contributed by atoms with Gasteiger partial charge in [0.15, 0.2) is 6.04 Å². The number of aliphatic carboxylic acids is 1. The topological polar surface area (TPSA) is 75.6 Å². The summed E-state index contributed by atoms with van der Waals surface area (Å²) in [4.78, 5) is 22.9. The van der Waals surface area contributed by atoms with Crippen molar-refractivity contribution in [1.82, 2.24) is 5.32 Å². The van der Waals surface area contributed by atoms with Gasteiger partial charge in [0, 0.05) is 10.0 Å². The Labute approximate surface area is 126 Å². The zero-order valence-corrected chi connectivity index (χ0v) is 12.7. The second-order valence-corrected chi connectivity index (χ2v) is 5.99. The van der Waals surface area contributed by atoms with Gasteiger partial charge in [-0.1, -0.05) is 23.2 Å². The number of carboxylic acid groups (broad SMARTS) is 1. The average Bonchev–Trinajstić information content (AvgIpc) is 2.21. The number of rotatable bonds is 3. The highest BCUT2D eigenvalue weighted by atomic mass is 35.5. The van der Waals surface area contributed by atoms with Gasteiger partial charge in [-0.05, 0) is 44.5 Å². The summed E-state index contributed by atoms with van der Waals surface area (Å²) in [5, 5.41) is 12.0. The number of benzene rings is 1. The van der Waals surface area contributed by atoms with Crippen molar-refractivity contribution in [3.8, 4) is 0 Å². The fraction of sp³-hybridized carbons (Fsp3) is 0.385. The standard InChI is InChI=1S/C13H15Cl2NO4/c1-13(2,3)20-12(19)16-10(11(17)18)7-4-8(14)6-9(15)5-7/h4-6,10H,1-3H3,(H,16,19)(H,17,18)/t10-/m0/s1. The van der Waals surface area contributed by atoms with Crippen LogP contribution in [-0.2, 0) is 9.53 Å². The fourth-order valence-corrected chi connectivity index (χ4v) is 2.00. The van der Waals surface area contributed by atoms with Crippen molar-refractivity contribution >= 4 is 35.3 Å². The van der Waals surface area contributed by atoms with Crippen LogP contribution in [0.15, 0.2) is 18.2 Å². The molecule has 5 nitrogen and oxygen atoms in total. The summed E-state index contributed by atoms with van der Waals surface area (Å²) in [6, 6.07) is 3.02. The van der Waals surface area contributed by atoms with Crippen LogP contribution in [0, 0.1) is 0 Å². The number of halogens is 2. The van der Waals surface area contributed by atoms with Gasteiger partial charge in [-0.25, -0.2) is 9.59 Å². The number of amides is 1. The third kappa shape index (κ3) is 5.27. The minimum atomic E-state index is -1.29. The summed E-state index contributed by atoms with van der Waals surface area (Å²) in [6.07, 6.45) is -0.832. The SMILES string of the molecule is CC(C)(C)OC(=O)N[C@H](C(=O)O)c1cc(Cl)cc(Cl)c1. The van der Waals surface area contributed by atoms with E-state index in [0.29, 0.717) is 0 Å². The summed E-state index contributed by atoms with van der Waals surface area (Å²) in [6.45, 7) is 5.04. The lowest BCUT2D eigenvalue weighted by Gasteiger charge is -2.22. The van der Waals surface area contributed by atoms with E-state index in [1.807, 2.05) is 0 Å². The van der Waals surface area contributed by atoms with Gasteiger partial charge < -0.3 is 15.2 Å². The van der Waals surface area contributed by atoms with E-state index in [-0.39, 0.29) is 15.6 Å². The van der Waals surface area contributed by atoms with Crippen LogP contribution in [-0.4, -0.2) is 22.8 Å². The molecule has 1 aromatic carbocycles. The van der Waals surface area contributed by atoms with Crippen LogP contribution in [0.5, 0.6) is 0 Å². The van der Waals surface area contributed by atoms with Gasteiger partial charge in [-0.15, -0.1) is 0 Å². The summed E-state index contributed by atoms with van der Waals surface area (Å²) in [7, 11) is 0. The highest BCUT2D eigenvalue weighted by Crippen LogP contribution is 2.24. The molecule has 0 aliphatic rings. The van der Waals surface area contributed by atoms with Crippen LogP contribution in [0.1, 0.15) is 32.4 Å². The van der Waals surface area contributed by atoms with Crippen molar-refractivity contribution in [2.45, 2.75) is 32.4 Å². The number of hydrogen-bond donors (Lipinski definition) is 2. The predicted octanol–water partition coefficient (Wildman–Crippen LogP) is 3.64. The van der Waals surface area contributed by atoms with E-state index >= 15 is 0 Å². The first-order chi connectivity index (χ1) is 9.08. The minimum absolute atomic E-state index is 0.265. The van der Waals surface area contributed by atoms with E-state index in [9.17, 15) is 14.7 Å². The Morgan fingerprint density at radius 1 is 1.20 bits per heavy atom. The second-order valence-electron chi connectivity index (χ2n) is 5.12. The Hall–Kier alpha value is -1.46. The number of hydrogen-bond acceptors (Lipinski definition) is 3. The lowest BCUT2D eigenvalue weighted by molar-refractivity contribution is -0.139. The Morgan fingerprint density at radius 3 is 2.10 bits per heavy atom. The monoisotopic (exact) mass is 319 g/mol. The molecule has 0 bridgehead atoms. The molecule has 110 valence electrons. The first kappa shape index (κ1) is 16.6. The van der Waals surface area contributed by atoms with Crippen LogP contribution in [0.25, 0.3) is 0 Å². The molecule has 1 rings (SSSR count). The van der Waals surface area contributed by atoms with E-state index in [4.69, 9.17) is 27.9 Å². The van der Waals surface area contributed by atoms with Crippen LogP contribution in [0.4, 0.5) is 4.79 Å². The number of alkyl carbamates (subject to hydrolysis) is 1. The predicted molar refractivity (Wildman–Crippen MR) is 76.2 cm³/mol. The number of carbonyl (C=O) groups is 2. The molecule has 0 saturated heterocycles. The van der Waals surface area contributed by atoms with E-state index in [1.165, 1.54) is 18.2 Å².